The second-order valence-corrected chi connectivity index (χ2v) is 7.44. The molecule has 0 unspecified atom stereocenters. The second-order valence-electron chi connectivity index (χ2n) is 5.13. The molecule has 0 saturated heterocycles. The van der Waals surface area contributed by atoms with Crippen molar-refractivity contribution in [2.75, 3.05) is 0 Å². The number of benzene rings is 2. The Kier molecular flexibility index (Phi) is 3.87. The molecule has 5 heteroatoms. The molecule has 1 heterocycles. The van der Waals surface area contributed by atoms with Crippen LogP contribution in [0.1, 0.15) is 5.56 Å². The predicted octanol–water partition coefficient (Wildman–Crippen LogP) is 4.04. The van der Waals surface area contributed by atoms with Crippen molar-refractivity contribution in [3.8, 4) is 22.3 Å². The average Bonchev–Trinajstić information content (AvgIpc) is 2.97. The molecule has 0 bridgehead atoms. The molecule has 0 radical (unpaired) electrons. The highest BCUT2D eigenvalue weighted by Crippen LogP contribution is 2.35. The molecule has 3 nitrogen and oxygen atoms in total. The first-order valence-electron chi connectivity index (χ1n) is 6.71. The Morgan fingerprint density at radius 2 is 1.27 bits per heavy atom. The monoisotopic (exact) mass is 329 g/mol. The van der Waals surface area contributed by atoms with Crippen LogP contribution in [0.3, 0.4) is 0 Å². The number of nitrogens with two attached hydrogens (primary N) is 1. The maximum absolute atomic E-state index is 11.3. The molecule has 0 atom stereocenters. The van der Waals surface area contributed by atoms with Crippen LogP contribution in [0.2, 0.25) is 0 Å². The Bertz CT molecular complexity index is 893. The summed E-state index contributed by atoms with van der Waals surface area (Å²) in [5.74, 6) is 0. The van der Waals surface area contributed by atoms with Crippen LogP contribution in [0.25, 0.3) is 22.3 Å². The third kappa shape index (κ3) is 2.97. The van der Waals surface area contributed by atoms with Crippen molar-refractivity contribution in [1.29, 1.82) is 0 Å². The number of sulfonamides is 1. The van der Waals surface area contributed by atoms with Crippen molar-refractivity contribution in [1.82, 2.24) is 0 Å². The zero-order valence-electron chi connectivity index (χ0n) is 12.0. The summed E-state index contributed by atoms with van der Waals surface area (Å²) in [7, 11) is -3.65. The molecule has 3 rings (SSSR count). The van der Waals surface area contributed by atoms with E-state index in [0.717, 1.165) is 22.3 Å². The molecule has 112 valence electrons. The highest BCUT2D eigenvalue weighted by atomic mass is 32.2. The van der Waals surface area contributed by atoms with Crippen LogP contribution in [0.4, 0.5) is 0 Å². The first-order valence-corrected chi connectivity index (χ1v) is 9.20. The average molecular weight is 329 g/mol. The summed E-state index contributed by atoms with van der Waals surface area (Å²) in [4.78, 5) is 0.128. The molecule has 0 saturated carbocycles. The van der Waals surface area contributed by atoms with Gasteiger partial charge in [-0.05, 0) is 40.9 Å². The summed E-state index contributed by atoms with van der Waals surface area (Å²) in [6.45, 7) is 2.06. The quantitative estimate of drug-likeness (QED) is 0.788. The van der Waals surface area contributed by atoms with E-state index in [4.69, 9.17) is 5.14 Å². The van der Waals surface area contributed by atoms with Crippen LogP contribution in [0.5, 0.6) is 0 Å². The third-order valence-electron chi connectivity index (χ3n) is 3.52. The van der Waals surface area contributed by atoms with Gasteiger partial charge in [-0.2, -0.15) is 11.3 Å². The van der Waals surface area contributed by atoms with Crippen molar-refractivity contribution in [2.45, 2.75) is 11.8 Å². The molecule has 3 aromatic rings. The molecule has 22 heavy (non-hydrogen) atoms. The molecule has 0 spiro atoms. The van der Waals surface area contributed by atoms with Gasteiger partial charge in [-0.1, -0.05) is 42.0 Å². The topological polar surface area (TPSA) is 60.2 Å². The van der Waals surface area contributed by atoms with Gasteiger partial charge in [0.1, 0.15) is 0 Å². The van der Waals surface area contributed by atoms with Gasteiger partial charge in [0.05, 0.1) is 4.90 Å². The van der Waals surface area contributed by atoms with Gasteiger partial charge in [0.2, 0.25) is 10.0 Å². The Morgan fingerprint density at radius 1 is 0.818 bits per heavy atom. The van der Waals surface area contributed by atoms with Gasteiger partial charge in [-0.3, -0.25) is 0 Å². The fraction of sp³-hybridized carbons (Fsp3) is 0.0588. The van der Waals surface area contributed by atoms with Crippen LogP contribution in [0.15, 0.2) is 64.2 Å². The van der Waals surface area contributed by atoms with Gasteiger partial charge < -0.3 is 0 Å². The number of hydrogen-bond donors (Lipinski definition) is 1. The minimum absolute atomic E-state index is 0.128. The zero-order valence-corrected chi connectivity index (χ0v) is 13.6. The standard InChI is InChI=1S/C17H15NO2S2/c1-12-2-4-13(5-3-12)16-10-21-11-17(16)14-6-8-15(9-7-14)22(18,19)20/h2-11H,1H3,(H2,18,19,20). The molecule has 2 N–H and O–H groups in total. The molecule has 0 aliphatic rings. The summed E-state index contributed by atoms with van der Waals surface area (Å²) < 4.78 is 22.7. The van der Waals surface area contributed by atoms with Crippen LogP contribution in [-0.4, -0.2) is 8.42 Å². The normalized spacial score (nSPS) is 11.5. The molecule has 0 aliphatic heterocycles. The van der Waals surface area contributed by atoms with E-state index in [1.807, 2.05) is 0 Å². The van der Waals surface area contributed by atoms with Crippen LogP contribution < -0.4 is 5.14 Å². The lowest BCUT2D eigenvalue weighted by Gasteiger charge is -2.06. The SMILES string of the molecule is Cc1ccc(-c2cscc2-c2ccc(S(N)(=O)=O)cc2)cc1. The molecule has 2 aromatic carbocycles. The van der Waals surface area contributed by atoms with E-state index in [-0.39, 0.29) is 4.90 Å². The molecular weight excluding hydrogens is 314 g/mol. The first kappa shape index (κ1) is 15.0. The van der Waals surface area contributed by atoms with Gasteiger partial charge >= 0.3 is 0 Å². The van der Waals surface area contributed by atoms with E-state index >= 15 is 0 Å². The minimum Gasteiger partial charge on any atom is -0.225 e. The van der Waals surface area contributed by atoms with Gasteiger partial charge in [-0.25, -0.2) is 13.6 Å². The summed E-state index contributed by atoms with van der Waals surface area (Å²) >= 11 is 1.63. The van der Waals surface area contributed by atoms with E-state index in [9.17, 15) is 8.42 Å². The van der Waals surface area contributed by atoms with Crippen LogP contribution >= 0.6 is 11.3 Å². The van der Waals surface area contributed by atoms with E-state index in [2.05, 4.69) is 41.9 Å². The van der Waals surface area contributed by atoms with E-state index in [0.29, 0.717) is 0 Å². The second kappa shape index (κ2) is 5.68. The van der Waals surface area contributed by atoms with Gasteiger partial charge in [0.25, 0.3) is 0 Å². The number of primary sulfonamides is 1. The van der Waals surface area contributed by atoms with Crippen molar-refractivity contribution in [2.24, 2.45) is 5.14 Å². The Hall–Kier alpha value is -1.95. The van der Waals surface area contributed by atoms with Crippen molar-refractivity contribution in [3.05, 3.63) is 64.9 Å². The lowest BCUT2D eigenvalue weighted by Crippen LogP contribution is -2.11. The predicted molar refractivity (Wildman–Crippen MR) is 91.3 cm³/mol. The molecule has 0 amide bonds. The minimum atomic E-state index is -3.65. The summed E-state index contributed by atoms with van der Waals surface area (Å²) in [5, 5.41) is 9.31. The van der Waals surface area contributed by atoms with Gasteiger partial charge in [-0.15, -0.1) is 0 Å². The molecule has 0 aliphatic carbocycles. The van der Waals surface area contributed by atoms with Crippen molar-refractivity contribution >= 4 is 21.4 Å². The zero-order chi connectivity index (χ0) is 15.7. The molecular formula is C17H15NO2S2. The highest BCUT2D eigenvalue weighted by Gasteiger charge is 2.11. The summed E-state index contributed by atoms with van der Waals surface area (Å²) in [6.07, 6.45) is 0. The maximum Gasteiger partial charge on any atom is 0.238 e. The third-order valence-corrected chi connectivity index (χ3v) is 5.19. The van der Waals surface area contributed by atoms with Crippen LogP contribution in [0, 0.1) is 6.92 Å². The molecule has 1 aromatic heterocycles. The van der Waals surface area contributed by atoms with Gasteiger partial charge in [0, 0.05) is 11.1 Å². The number of aryl methyl sites for hydroxylation is 1. The Balaban J connectivity index is 2.03. The van der Waals surface area contributed by atoms with Crippen LogP contribution in [-0.2, 0) is 10.0 Å². The van der Waals surface area contributed by atoms with E-state index < -0.39 is 10.0 Å². The number of thiophene rings is 1. The summed E-state index contributed by atoms with van der Waals surface area (Å²) in [5.41, 5.74) is 5.59. The fourth-order valence-electron chi connectivity index (χ4n) is 2.30. The largest absolute Gasteiger partial charge is 0.238 e. The number of rotatable bonds is 3. The van der Waals surface area contributed by atoms with Gasteiger partial charge in [0.15, 0.2) is 0 Å². The number of hydrogen-bond acceptors (Lipinski definition) is 3. The summed E-state index contributed by atoms with van der Waals surface area (Å²) in [6, 6.07) is 15.0. The van der Waals surface area contributed by atoms with Crippen molar-refractivity contribution in [3.63, 3.8) is 0 Å². The fourth-order valence-corrected chi connectivity index (χ4v) is 3.68. The van der Waals surface area contributed by atoms with E-state index in [1.165, 1.54) is 5.56 Å². The lowest BCUT2D eigenvalue weighted by atomic mass is 9.98. The maximum atomic E-state index is 11.3. The lowest BCUT2D eigenvalue weighted by molar-refractivity contribution is 0.598. The highest BCUT2D eigenvalue weighted by molar-refractivity contribution is 7.89. The van der Waals surface area contributed by atoms with Crippen molar-refractivity contribution < 1.29 is 8.42 Å². The molecule has 0 fully saturated rings. The Labute approximate surface area is 134 Å². The Morgan fingerprint density at radius 3 is 1.73 bits per heavy atom. The van der Waals surface area contributed by atoms with E-state index in [1.54, 1.807) is 35.6 Å². The smallest absolute Gasteiger partial charge is 0.225 e. The first-order chi connectivity index (χ1) is 10.4.